The van der Waals surface area contributed by atoms with Gasteiger partial charge in [0.25, 0.3) is 0 Å². The number of imidazole rings is 1. The molecule has 5 rings (SSSR count). The van der Waals surface area contributed by atoms with Gasteiger partial charge in [0.15, 0.2) is 0 Å². The van der Waals surface area contributed by atoms with Crippen molar-refractivity contribution in [2.24, 2.45) is 14.1 Å². The minimum absolute atomic E-state index is 0.599. The van der Waals surface area contributed by atoms with Gasteiger partial charge in [-0.05, 0) is 18.2 Å². The molecule has 0 unspecified atom stereocenters. The molecule has 4 aromatic heterocycles. The van der Waals surface area contributed by atoms with Crippen molar-refractivity contribution in [1.29, 1.82) is 0 Å². The largest absolute Gasteiger partial charge is 0.335 e. The van der Waals surface area contributed by atoms with E-state index in [0.717, 1.165) is 33.3 Å². The van der Waals surface area contributed by atoms with Gasteiger partial charge in [0.05, 0.1) is 22.9 Å². The summed E-state index contributed by atoms with van der Waals surface area (Å²) >= 11 is 0. The molecule has 0 saturated heterocycles. The number of hydrogen-bond acceptors (Lipinski definition) is 4. The van der Waals surface area contributed by atoms with Crippen LogP contribution in [0.3, 0.4) is 0 Å². The number of para-hydroxylation sites is 2. The Balaban J connectivity index is 1.83. The molecular formula is C18H15N7. The third kappa shape index (κ3) is 2.06. The third-order valence-corrected chi connectivity index (χ3v) is 4.36. The summed E-state index contributed by atoms with van der Waals surface area (Å²) in [6, 6.07) is 10.00. The first-order valence-corrected chi connectivity index (χ1v) is 7.95. The summed E-state index contributed by atoms with van der Waals surface area (Å²) in [7, 11) is 3.88. The van der Waals surface area contributed by atoms with Crippen molar-refractivity contribution in [3.05, 3.63) is 55.2 Å². The smallest absolute Gasteiger partial charge is 0.238 e. The van der Waals surface area contributed by atoms with Crippen molar-refractivity contribution in [2.45, 2.75) is 0 Å². The quantitative estimate of drug-likeness (QED) is 0.499. The lowest BCUT2D eigenvalue weighted by Gasteiger charge is -2.07. The summed E-state index contributed by atoms with van der Waals surface area (Å²) in [5.74, 6) is 0.599. The van der Waals surface area contributed by atoms with Crippen LogP contribution in [0.5, 0.6) is 0 Å². The van der Waals surface area contributed by atoms with Gasteiger partial charge in [-0.3, -0.25) is 9.25 Å². The molecule has 0 N–H and O–H groups in total. The van der Waals surface area contributed by atoms with E-state index in [1.165, 1.54) is 0 Å². The van der Waals surface area contributed by atoms with Crippen LogP contribution < -0.4 is 0 Å². The Morgan fingerprint density at radius 3 is 2.72 bits per heavy atom. The molecule has 7 nitrogen and oxygen atoms in total. The van der Waals surface area contributed by atoms with Gasteiger partial charge < -0.3 is 4.57 Å². The Bertz CT molecular complexity index is 1220. The van der Waals surface area contributed by atoms with Crippen LogP contribution in [0.15, 0.2) is 55.2 Å². The molecular weight excluding hydrogens is 314 g/mol. The minimum atomic E-state index is 0.599. The van der Waals surface area contributed by atoms with Crippen molar-refractivity contribution >= 4 is 22.1 Å². The molecule has 0 spiro atoms. The molecule has 1 aromatic carbocycles. The summed E-state index contributed by atoms with van der Waals surface area (Å²) in [6.07, 6.45) is 7.55. The van der Waals surface area contributed by atoms with E-state index in [0.29, 0.717) is 5.95 Å². The second kappa shape index (κ2) is 5.01. The first-order valence-electron chi connectivity index (χ1n) is 7.95. The fourth-order valence-corrected chi connectivity index (χ4v) is 3.12. The maximum absolute atomic E-state index is 4.84. The van der Waals surface area contributed by atoms with Gasteiger partial charge in [0.1, 0.15) is 12.0 Å². The topological polar surface area (TPSA) is 66.3 Å². The summed E-state index contributed by atoms with van der Waals surface area (Å²) < 4.78 is 5.69. The molecule has 0 fully saturated rings. The number of aromatic nitrogens is 7. The lowest BCUT2D eigenvalue weighted by atomic mass is 10.2. The van der Waals surface area contributed by atoms with Crippen LogP contribution in [0, 0.1) is 0 Å². The monoisotopic (exact) mass is 329 g/mol. The van der Waals surface area contributed by atoms with Crippen molar-refractivity contribution in [1.82, 2.24) is 33.9 Å². The van der Waals surface area contributed by atoms with E-state index in [4.69, 9.17) is 9.97 Å². The van der Waals surface area contributed by atoms with E-state index in [1.54, 1.807) is 11.0 Å². The zero-order valence-electron chi connectivity index (χ0n) is 13.8. The lowest BCUT2D eigenvalue weighted by molar-refractivity contribution is 0.768. The number of nitrogens with zero attached hydrogens (tertiary/aromatic N) is 7. The Kier molecular flexibility index (Phi) is 2.79. The maximum Gasteiger partial charge on any atom is 0.238 e. The fourth-order valence-electron chi connectivity index (χ4n) is 3.12. The Morgan fingerprint density at radius 2 is 1.88 bits per heavy atom. The number of aryl methyl sites for hydroxylation is 2. The van der Waals surface area contributed by atoms with Gasteiger partial charge in [-0.25, -0.2) is 9.97 Å². The van der Waals surface area contributed by atoms with Crippen molar-refractivity contribution in [3.63, 3.8) is 0 Å². The average Bonchev–Trinajstić information content (AvgIpc) is 3.33. The number of hydrogen-bond donors (Lipinski definition) is 0. The fraction of sp³-hybridized carbons (Fsp3) is 0.111. The molecule has 7 heteroatoms. The van der Waals surface area contributed by atoms with Crippen LogP contribution in [-0.2, 0) is 14.1 Å². The molecule has 0 atom stereocenters. The summed E-state index contributed by atoms with van der Waals surface area (Å²) in [5.41, 5.74) is 4.61. The van der Waals surface area contributed by atoms with Crippen LogP contribution >= 0.6 is 0 Å². The second-order valence-corrected chi connectivity index (χ2v) is 6.04. The Labute approximate surface area is 143 Å². The van der Waals surface area contributed by atoms with E-state index in [1.807, 2.05) is 72.2 Å². The molecule has 4 heterocycles. The summed E-state index contributed by atoms with van der Waals surface area (Å²) in [6.45, 7) is 0. The summed E-state index contributed by atoms with van der Waals surface area (Å²) in [5, 5.41) is 5.28. The molecule has 0 bridgehead atoms. The van der Waals surface area contributed by atoms with Gasteiger partial charge in [-0.2, -0.15) is 10.1 Å². The molecule has 0 radical (unpaired) electrons. The van der Waals surface area contributed by atoms with Crippen LogP contribution in [0.2, 0.25) is 0 Å². The first kappa shape index (κ1) is 13.9. The zero-order valence-corrected chi connectivity index (χ0v) is 13.8. The predicted octanol–water partition coefficient (Wildman–Crippen LogP) is 2.71. The van der Waals surface area contributed by atoms with Gasteiger partial charge in [0.2, 0.25) is 5.95 Å². The number of rotatable bonds is 2. The third-order valence-electron chi connectivity index (χ3n) is 4.36. The first-order chi connectivity index (χ1) is 12.2. The van der Waals surface area contributed by atoms with Gasteiger partial charge in [-0.1, -0.05) is 12.1 Å². The van der Waals surface area contributed by atoms with Crippen LogP contribution in [0.25, 0.3) is 39.3 Å². The van der Waals surface area contributed by atoms with E-state index in [-0.39, 0.29) is 0 Å². The highest BCUT2D eigenvalue weighted by Crippen LogP contribution is 2.28. The molecule has 0 saturated carbocycles. The van der Waals surface area contributed by atoms with Gasteiger partial charge >= 0.3 is 0 Å². The highest BCUT2D eigenvalue weighted by molar-refractivity contribution is 5.91. The van der Waals surface area contributed by atoms with Crippen LogP contribution in [-0.4, -0.2) is 33.9 Å². The lowest BCUT2D eigenvalue weighted by Crippen LogP contribution is -2.03. The van der Waals surface area contributed by atoms with E-state index >= 15 is 0 Å². The Hall–Kier alpha value is -3.48. The normalized spacial score (nSPS) is 11.6. The van der Waals surface area contributed by atoms with E-state index in [2.05, 4.69) is 10.1 Å². The molecule has 0 aliphatic rings. The van der Waals surface area contributed by atoms with Gasteiger partial charge in [-0.15, -0.1) is 0 Å². The minimum Gasteiger partial charge on any atom is -0.335 e. The van der Waals surface area contributed by atoms with E-state index < -0.39 is 0 Å². The molecule has 122 valence electrons. The molecule has 0 aliphatic carbocycles. The molecule has 5 aromatic rings. The highest BCUT2D eigenvalue weighted by Gasteiger charge is 2.15. The SMILES string of the molecule is Cn1cc(-c2nc(-n3cnc4ccccc43)nc3c2ccn3C)cn1. The predicted molar refractivity (Wildman–Crippen MR) is 95.3 cm³/mol. The molecule has 0 amide bonds. The maximum atomic E-state index is 4.84. The number of fused-ring (bicyclic) bond motifs is 2. The van der Waals surface area contributed by atoms with Crippen LogP contribution in [0.1, 0.15) is 0 Å². The average molecular weight is 329 g/mol. The second-order valence-electron chi connectivity index (χ2n) is 6.04. The summed E-state index contributed by atoms with van der Waals surface area (Å²) in [4.78, 5) is 14.1. The standard InChI is InChI=1S/C18H15N7/c1-23-8-7-13-16(12-9-20-24(2)10-12)21-18(22-17(13)23)25-11-19-14-5-3-4-6-15(14)25/h3-11H,1-2H3. The van der Waals surface area contributed by atoms with E-state index in [9.17, 15) is 0 Å². The van der Waals surface area contributed by atoms with Gasteiger partial charge in [0, 0.05) is 37.4 Å². The Morgan fingerprint density at radius 1 is 1.00 bits per heavy atom. The molecule has 0 aliphatic heterocycles. The van der Waals surface area contributed by atoms with Crippen molar-refractivity contribution in [2.75, 3.05) is 0 Å². The zero-order chi connectivity index (χ0) is 17.0. The molecule has 25 heavy (non-hydrogen) atoms. The number of benzene rings is 1. The highest BCUT2D eigenvalue weighted by atomic mass is 15.2. The van der Waals surface area contributed by atoms with Crippen LogP contribution in [0.4, 0.5) is 0 Å². The van der Waals surface area contributed by atoms with Crippen molar-refractivity contribution < 1.29 is 0 Å². The van der Waals surface area contributed by atoms with Crippen molar-refractivity contribution in [3.8, 4) is 17.2 Å².